The van der Waals surface area contributed by atoms with Crippen molar-refractivity contribution < 1.29 is 14.7 Å². The molecule has 6 heteroatoms. The van der Waals surface area contributed by atoms with Crippen molar-refractivity contribution in [2.75, 3.05) is 24.5 Å². The normalized spacial score (nSPS) is 17.2. The molecular weight excluding hydrogens is 270 g/mol. The number of rotatable bonds is 6. The molecule has 4 N–H and O–H groups in total. The van der Waals surface area contributed by atoms with E-state index in [1.54, 1.807) is 0 Å². The molecule has 1 aromatic carbocycles. The van der Waals surface area contributed by atoms with E-state index in [1.165, 1.54) is 0 Å². The van der Waals surface area contributed by atoms with Gasteiger partial charge in [0.2, 0.25) is 5.91 Å². The van der Waals surface area contributed by atoms with Gasteiger partial charge in [-0.2, -0.15) is 0 Å². The Labute approximate surface area is 123 Å². The average Bonchev–Trinajstić information content (AvgIpc) is 2.43. The van der Waals surface area contributed by atoms with E-state index in [0.29, 0.717) is 19.5 Å². The fourth-order valence-electron chi connectivity index (χ4n) is 2.57. The molecule has 2 rings (SSSR count). The summed E-state index contributed by atoms with van der Waals surface area (Å²) in [6.45, 7) is 1.28. The summed E-state index contributed by atoms with van der Waals surface area (Å²) in [5.41, 5.74) is 8.25. The second-order valence-electron chi connectivity index (χ2n) is 5.32. The van der Waals surface area contributed by atoms with Crippen molar-refractivity contribution in [2.45, 2.75) is 25.3 Å². The summed E-state index contributed by atoms with van der Waals surface area (Å²) < 4.78 is 0. The number of nitrogens with two attached hydrogens (primary N) is 1. The molecule has 1 unspecified atom stereocenters. The number of nitrogens with one attached hydrogen (secondary N) is 1. The SMILES string of the molecule is NC1Cc2ccccc2N(CC(=O)NCCCC(=O)O)C1. The van der Waals surface area contributed by atoms with Gasteiger partial charge in [-0.15, -0.1) is 0 Å². The van der Waals surface area contributed by atoms with Gasteiger partial charge in [0.1, 0.15) is 0 Å². The number of carboxylic acid groups (broad SMARTS) is 1. The largest absolute Gasteiger partial charge is 0.481 e. The van der Waals surface area contributed by atoms with E-state index in [0.717, 1.165) is 17.7 Å². The number of benzene rings is 1. The average molecular weight is 291 g/mol. The lowest BCUT2D eigenvalue weighted by molar-refractivity contribution is -0.137. The van der Waals surface area contributed by atoms with Crippen LogP contribution in [-0.4, -0.2) is 42.7 Å². The first kappa shape index (κ1) is 15.3. The summed E-state index contributed by atoms with van der Waals surface area (Å²) in [6, 6.07) is 7.99. The molecule has 0 saturated heterocycles. The van der Waals surface area contributed by atoms with E-state index >= 15 is 0 Å². The molecule has 0 fully saturated rings. The van der Waals surface area contributed by atoms with Crippen LogP contribution in [0.4, 0.5) is 5.69 Å². The third-order valence-electron chi connectivity index (χ3n) is 3.49. The Morgan fingerprint density at radius 2 is 2.14 bits per heavy atom. The number of carbonyl (C=O) groups is 2. The van der Waals surface area contributed by atoms with Crippen LogP contribution in [0.25, 0.3) is 0 Å². The number of amides is 1. The van der Waals surface area contributed by atoms with Gasteiger partial charge in [-0.05, 0) is 24.5 Å². The molecule has 21 heavy (non-hydrogen) atoms. The number of hydrogen-bond donors (Lipinski definition) is 3. The molecule has 1 atom stereocenters. The van der Waals surface area contributed by atoms with Gasteiger partial charge in [0, 0.05) is 31.2 Å². The zero-order valence-corrected chi connectivity index (χ0v) is 11.9. The molecule has 0 saturated carbocycles. The molecule has 0 aliphatic carbocycles. The van der Waals surface area contributed by atoms with Crippen LogP contribution in [-0.2, 0) is 16.0 Å². The minimum atomic E-state index is -0.847. The summed E-state index contributed by atoms with van der Waals surface area (Å²) in [7, 11) is 0. The molecule has 0 radical (unpaired) electrons. The van der Waals surface area contributed by atoms with Crippen LogP contribution in [0.5, 0.6) is 0 Å². The van der Waals surface area contributed by atoms with Crippen LogP contribution in [0.15, 0.2) is 24.3 Å². The minimum Gasteiger partial charge on any atom is -0.481 e. The van der Waals surface area contributed by atoms with E-state index in [4.69, 9.17) is 10.8 Å². The van der Waals surface area contributed by atoms with E-state index in [9.17, 15) is 9.59 Å². The van der Waals surface area contributed by atoms with Crippen LogP contribution in [0, 0.1) is 0 Å². The molecule has 0 bridgehead atoms. The third-order valence-corrected chi connectivity index (χ3v) is 3.49. The van der Waals surface area contributed by atoms with Gasteiger partial charge in [0.25, 0.3) is 0 Å². The highest BCUT2D eigenvalue weighted by atomic mass is 16.4. The monoisotopic (exact) mass is 291 g/mol. The smallest absolute Gasteiger partial charge is 0.303 e. The van der Waals surface area contributed by atoms with Gasteiger partial charge in [0.15, 0.2) is 0 Å². The molecule has 0 aromatic heterocycles. The molecule has 1 aliphatic heterocycles. The van der Waals surface area contributed by atoms with Crippen molar-refractivity contribution in [3.8, 4) is 0 Å². The number of aliphatic carboxylic acids is 1. The van der Waals surface area contributed by atoms with Crippen molar-refractivity contribution in [3.63, 3.8) is 0 Å². The van der Waals surface area contributed by atoms with Crippen LogP contribution in [0.2, 0.25) is 0 Å². The maximum absolute atomic E-state index is 11.9. The second kappa shape index (κ2) is 7.08. The fraction of sp³-hybridized carbons (Fsp3) is 0.467. The second-order valence-corrected chi connectivity index (χ2v) is 5.32. The summed E-state index contributed by atoms with van der Waals surface area (Å²) in [5, 5.41) is 11.3. The Kier molecular flexibility index (Phi) is 5.16. The highest BCUT2D eigenvalue weighted by Gasteiger charge is 2.23. The van der Waals surface area contributed by atoms with E-state index in [1.807, 2.05) is 29.2 Å². The van der Waals surface area contributed by atoms with Crippen molar-refractivity contribution >= 4 is 17.6 Å². The predicted octanol–water partition coefficient (Wildman–Crippen LogP) is 0.357. The van der Waals surface area contributed by atoms with Crippen molar-refractivity contribution in [2.24, 2.45) is 5.73 Å². The molecular formula is C15H21N3O3. The van der Waals surface area contributed by atoms with Crippen LogP contribution in [0.3, 0.4) is 0 Å². The van der Waals surface area contributed by atoms with Gasteiger partial charge in [-0.25, -0.2) is 0 Å². The maximum atomic E-state index is 11.9. The minimum absolute atomic E-state index is 0.0275. The fourth-order valence-corrected chi connectivity index (χ4v) is 2.57. The van der Waals surface area contributed by atoms with Crippen LogP contribution >= 0.6 is 0 Å². The molecule has 1 aromatic rings. The van der Waals surface area contributed by atoms with E-state index in [2.05, 4.69) is 5.32 Å². The highest BCUT2D eigenvalue weighted by Crippen LogP contribution is 2.25. The van der Waals surface area contributed by atoms with E-state index < -0.39 is 5.97 Å². The zero-order valence-electron chi connectivity index (χ0n) is 11.9. The molecule has 1 aliphatic rings. The maximum Gasteiger partial charge on any atom is 0.303 e. The number of carbonyl (C=O) groups excluding carboxylic acids is 1. The van der Waals surface area contributed by atoms with Gasteiger partial charge in [-0.3, -0.25) is 9.59 Å². The molecule has 0 spiro atoms. The van der Waals surface area contributed by atoms with Crippen molar-refractivity contribution in [1.82, 2.24) is 5.32 Å². The summed E-state index contributed by atoms with van der Waals surface area (Å²) in [6.07, 6.45) is 1.34. The zero-order chi connectivity index (χ0) is 15.2. The van der Waals surface area contributed by atoms with Gasteiger partial charge in [-0.1, -0.05) is 18.2 Å². The predicted molar refractivity (Wildman–Crippen MR) is 80.2 cm³/mol. The van der Waals surface area contributed by atoms with E-state index in [-0.39, 0.29) is 24.9 Å². The summed E-state index contributed by atoms with van der Waals surface area (Å²) in [4.78, 5) is 24.3. The molecule has 114 valence electrons. The van der Waals surface area contributed by atoms with Gasteiger partial charge in [0.05, 0.1) is 6.54 Å². The van der Waals surface area contributed by atoms with Crippen molar-refractivity contribution in [3.05, 3.63) is 29.8 Å². The molecule has 1 amide bonds. The number of hydrogen-bond acceptors (Lipinski definition) is 4. The van der Waals surface area contributed by atoms with Gasteiger partial charge < -0.3 is 21.1 Å². The Hall–Kier alpha value is -2.08. The number of fused-ring (bicyclic) bond motifs is 1. The van der Waals surface area contributed by atoms with Crippen molar-refractivity contribution in [1.29, 1.82) is 0 Å². The lowest BCUT2D eigenvalue weighted by Gasteiger charge is -2.34. The van der Waals surface area contributed by atoms with Gasteiger partial charge >= 0.3 is 5.97 Å². The Morgan fingerprint density at radius 1 is 1.38 bits per heavy atom. The van der Waals surface area contributed by atoms with Crippen LogP contribution in [0.1, 0.15) is 18.4 Å². The Balaban J connectivity index is 1.87. The number of anilines is 1. The summed E-state index contributed by atoms with van der Waals surface area (Å²) >= 11 is 0. The third kappa shape index (κ3) is 4.46. The topological polar surface area (TPSA) is 95.7 Å². The highest BCUT2D eigenvalue weighted by molar-refractivity contribution is 5.82. The lowest BCUT2D eigenvalue weighted by atomic mass is 9.98. The van der Waals surface area contributed by atoms with Crippen LogP contribution < -0.4 is 16.0 Å². The number of carboxylic acids is 1. The standard InChI is InChI=1S/C15H21N3O3/c16-12-8-11-4-1-2-5-13(11)18(9-12)10-14(19)17-7-3-6-15(20)21/h1-2,4-5,12H,3,6-10,16H2,(H,17,19)(H,20,21). The molecule has 1 heterocycles. The Morgan fingerprint density at radius 3 is 2.90 bits per heavy atom. The first-order valence-corrected chi connectivity index (χ1v) is 7.13. The lowest BCUT2D eigenvalue weighted by Crippen LogP contribution is -2.47. The first-order valence-electron chi connectivity index (χ1n) is 7.13. The Bertz CT molecular complexity index is 519. The quantitative estimate of drug-likeness (QED) is 0.658. The summed E-state index contributed by atoms with van der Waals surface area (Å²) in [5.74, 6) is -0.954. The molecule has 6 nitrogen and oxygen atoms in total. The number of nitrogens with zero attached hydrogens (tertiary/aromatic N) is 1. The first-order chi connectivity index (χ1) is 10.1. The number of para-hydroxylation sites is 1.